The molecular weight excluding hydrogens is 361 g/mol. The lowest BCUT2D eigenvalue weighted by molar-refractivity contribution is 0.224. The Morgan fingerprint density at radius 2 is 1.20 bits per heavy atom. The number of alkyl halides is 4. The fourth-order valence-electron chi connectivity index (χ4n) is 1.90. The molecule has 0 heterocycles. The summed E-state index contributed by atoms with van der Waals surface area (Å²) in [5.74, 6) is 0. The van der Waals surface area contributed by atoms with Crippen molar-refractivity contribution < 1.29 is 4.29 Å². The molecule has 0 spiro atoms. The summed E-state index contributed by atoms with van der Waals surface area (Å²) in [6.07, 6.45) is 0. The summed E-state index contributed by atoms with van der Waals surface area (Å²) in [7, 11) is 0. The van der Waals surface area contributed by atoms with E-state index in [4.69, 9.17) is 62.6 Å². The highest BCUT2D eigenvalue weighted by molar-refractivity contribution is 6.66. The lowest BCUT2D eigenvalue weighted by Gasteiger charge is -2.28. The predicted octanol–water partition coefficient (Wildman–Crippen LogP) is 6.12. The molecule has 0 bridgehead atoms. The van der Waals surface area contributed by atoms with Gasteiger partial charge in [0.1, 0.15) is 0 Å². The Labute approximate surface area is 142 Å². The van der Waals surface area contributed by atoms with Crippen LogP contribution in [-0.2, 0) is 13.1 Å². The molecule has 2 rings (SSSR count). The van der Waals surface area contributed by atoms with E-state index in [1.54, 1.807) is 36.4 Å². The van der Waals surface area contributed by atoms with Crippen LogP contribution in [0.25, 0.3) is 0 Å². The molecule has 0 aliphatic rings. The topological polar surface area (TPSA) is 9.23 Å². The van der Waals surface area contributed by atoms with Crippen LogP contribution in [0.5, 0.6) is 0 Å². The second-order valence-electron chi connectivity index (χ2n) is 4.08. The monoisotopic (exact) mass is 368 g/mol. The highest BCUT2D eigenvalue weighted by Gasteiger charge is 2.39. The minimum absolute atomic E-state index is 0.407. The molecule has 106 valence electrons. The van der Waals surface area contributed by atoms with Gasteiger partial charge in [0.2, 0.25) is 8.85 Å². The standard InChI is InChI=1S/C14H9Cl5O/c15-13(20-19,10-6-2-1-3-7-10)11-8-4-5-9-12(11)14(16,17)18/h1-9H. The van der Waals surface area contributed by atoms with Gasteiger partial charge in [-0.25, -0.2) is 4.29 Å². The number of hydrogen-bond acceptors (Lipinski definition) is 1. The molecule has 0 aromatic heterocycles. The van der Waals surface area contributed by atoms with Gasteiger partial charge in [-0.05, 0) is 0 Å². The Morgan fingerprint density at radius 1 is 0.700 bits per heavy atom. The number of rotatable bonds is 3. The maximum Gasteiger partial charge on any atom is 0.216 e. The lowest BCUT2D eigenvalue weighted by Crippen LogP contribution is -2.24. The second-order valence-corrected chi connectivity index (χ2v) is 7.05. The van der Waals surface area contributed by atoms with Gasteiger partial charge in [-0.15, -0.1) is 0 Å². The van der Waals surface area contributed by atoms with Crippen LogP contribution in [0.1, 0.15) is 16.7 Å². The molecule has 0 saturated heterocycles. The summed E-state index contributed by atoms with van der Waals surface area (Å²) in [6.45, 7) is 0. The van der Waals surface area contributed by atoms with E-state index in [0.29, 0.717) is 16.7 Å². The van der Waals surface area contributed by atoms with Gasteiger partial charge >= 0.3 is 0 Å². The summed E-state index contributed by atoms with van der Waals surface area (Å²) in [6, 6.07) is 16.0. The third-order valence-electron chi connectivity index (χ3n) is 2.83. The van der Waals surface area contributed by atoms with E-state index in [-0.39, 0.29) is 0 Å². The molecule has 1 unspecified atom stereocenters. The van der Waals surface area contributed by atoms with E-state index >= 15 is 0 Å². The molecule has 6 heteroatoms. The first-order valence-corrected chi connectivity index (χ1v) is 7.42. The first kappa shape index (κ1) is 16.2. The van der Waals surface area contributed by atoms with Gasteiger partial charge < -0.3 is 0 Å². The summed E-state index contributed by atoms with van der Waals surface area (Å²) in [4.78, 5) is 0. The van der Waals surface area contributed by atoms with E-state index in [9.17, 15) is 0 Å². The maximum atomic E-state index is 6.56. The van der Waals surface area contributed by atoms with Crippen molar-refractivity contribution in [3.63, 3.8) is 0 Å². The fraction of sp³-hybridized carbons (Fsp3) is 0.143. The average molecular weight is 370 g/mol. The fourth-order valence-corrected chi connectivity index (χ4v) is 2.86. The van der Waals surface area contributed by atoms with Crippen LogP contribution in [0, 0.1) is 0 Å². The van der Waals surface area contributed by atoms with Crippen molar-refractivity contribution in [2.75, 3.05) is 0 Å². The Balaban J connectivity index is 2.64. The van der Waals surface area contributed by atoms with Crippen LogP contribution >= 0.6 is 58.3 Å². The minimum atomic E-state index is -1.64. The molecule has 1 nitrogen and oxygen atoms in total. The number of halogens is 5. The van der Waals surface area contributed by atoms with Crippen LogP contribution in [0.2, 0.25) is 0 Å². The van der Waals surface area contributed by atoms with E-state index in [1.165, 1.54) is 0 Å². The van der Waals surface area contributed by atoms with Crippen molar-refractivity contribution in [3.8, 4) is 0 Å². The SMILES string of the molecule is ClOC(Cl)(c1ccccc1)c1ccccc1C(Cl)(Cl)Cl. The quantitative estimate of drug-likeness (QED) is 0.591. The van der Waals surface area contributed by atoms with Crippen LogP contribution in [-0.4, -0.2) is 0 Å². The van der Waals surface area contributed by atoms with Crippen molar-refractivity contribution in [1.29, 1.82) is 0 Å². The first-order valence-electron chi connectivity index (χ1n) is 5.60. The Bertz CT molecular complexity index is 582. The molecule has 0 saturated carbocycles. The Morgan fingerprint density at radius 3 is 1.70 bits per heavy atom. The molecule has 0 fully saturated rings. The third-order valence-corrected chi connectivity index (χ3v) is 4.25. The van der Waals surface area contributed by atoms with Gasteiger partial charge in [0.15, 0.2) is 0 Å². The summed E-state index contributed by atoms with van der Waals surface area (Å²) < 4.78 is 3.37. The zero-order valence-electron chi connectivity index (χ0n) is 9.99. The van der Waals surface area contributed by atoms with Crippen molar-refractivity contribution in [3.05, 3.63) is 71.3 Å². The molecule has 2 aromatic rings. The lowest BCUT2D eigenvalue weighted by atomic mass is 9.96. The van der Waals surface area contributed by atoms with Gasteiger partial charge in [0.25, 0.3) is 0 Å². The molecule has 0 N–H and O–H groups in total. The van der Waals surface area contributed by atoms with Crippen LogP contribution in [0.15, 0.2) is 54.6 Å². The smallest absolute Gasteiger partial charge is 0.216 e. The molecule has 2 aromatic carbocycles. The van der Waals surface area contributed by atoms with Crippen LogP contribution < -0.4 is 0 Å². The van der Waals surface area contributed by atoms with Crippen molar-refractivity contribution in [2.45, 2.75) is 8.85 Å². The first-order chi connectivity index (χ1) is 9.39. The molecule has 0 amide bonds. The molecule has 1 atom stereocenters. The van der Waals surface area contributed by atoms with Gasteiger partial charge in [-0.1, -0.05) is 101 Å². The molecule has 0 aliphatic carbocycles. The second kappa shape index (κ2) is 6.31. The number of hydrogen-bond donors (Lipinski definition) is 0. The van der Waals surface area contributed by atoms with Crippen molar-refractivity contribution >= 4 is 58.3 Å². The highest BCUT2D eigenvalue weighted by atomic mass is 35.6. The summed E-state index contributed by atoms with van der Waals surface area (Å²) in [5, 5.41) is -1.44. The Hall–Kier alpha value is -0.150. The van der Waals surface area contributed by atoms with E-state index in [0.717, 1.165) is 0 Å². The summed E-state index contributed by atoms with van der Waals surface area (Å²) in [5.41, 5.74) is 1.52. The maximum absolute atomic E-state index is 6.56. The predicted molar refractivity (Wildman–Crippen MR) is 85.7 cm³/mol. The highest BCUT2D eigenvalue weighted by Crippen LogP contribution is 2.47. The van der Waals surface area contributed by atoms with Gasteiger partial charge in [-0.2, -0.15) is 0 Å². The normalized spacial score (nSPS) is 14.8. The van der Waals surface area contributed by atoms with Crippen LogP contribution in [0.3, 0.4) is 0 Å². The van der Waals surface area contributed by atoms with Crippen molar-refractivity contribution in [1.82, 2.24) is 0 Å². The van der Waals surface area contributed by atoms with E-state index in [2.05, 4.69) is 0 Å². The van der Waals surface area contributed by atoms with Crippen molar-refractivity contribution in [2.24, 2.45) is 0 Å². The molecular formula is C14H9Cl5O. The van der Waals surface area contributed by atoms with Gasteiger partial charge in [-0.3, -0.25) is 0 Å². The Kier molecular flexibility index (Phi) is 5.12. The zero-order chi connectivity index (χ0) is 14.8. The van der Waals surface area contributed by atoms with E-state index in [1.807, 2.05) is 18.2 Å². The molecule has 0 aliphatic heterocycles. The summed E-state index contributed by atoms with van der Waals surface area (Å²) >= 11 is 30.2. The van der Waals surface area contributed by atoms with E-state index < -0.39 is 8.85 Å². The van der Waals surface area contributed by atoms with Gasteiger partial charge in [0, 0.05) is 16.7 Å². The minimum Gasteiger partial charge on any atom is -0.246 e. The zero-order valence-corrected chi connectivity index (χ0v) is 13.8. The third kappa shape index (κ3) is 3.19. The molecule has 20 heavy (non-hydrogen) atoms. The van der Waals surface area contributed by atoms with Crippen LogP contribution in [0.4, 0.5) is 0 Å². The van der Waals surface area contributed by atoms with Gasteiger partial charge in [0.05, 0.1) is 11.9 Å². The molecule has 0 radical (unpaired) electrons. The largest absolute Gasteiger partial charge is 0.246 e. The number of benzene rings is 2. The average Bonchev–Trinajstić information content (AvgIpc) is 2.46.